The summed E-state index contributed by atoms with van der Waals surface area (Å²) in [5, 5.41) is 9.33. The SMILES string of the molecule is OCC1CCCN(Cc2cccc(Cl)c2F)C1. The van der Waals surface area contributed by atoms with Crippen LogP contribution in [-0.2, 0) is 6.54 Å². The Bertz CT molecular complexity index is 386. The molecule has 2 rings (SSSR count). The second-order valence-corrected chi connectivity index (χ2v) is 5.05. The molecule has 0 saturated carbocycles. The average Bonchev–Trinajstić information content (AvgIpc) is 2.35. The maximum absolute atomic E-state index is 13.7. The van der Waals surface area contributed by atoms with E-state index in [9.17, 15) is 4.39 Å². The van der Waals surface area contributed by atoms with Gasteiger partial charge in [0.25, 0.3) is 0 Å². The van der Waals surface area contributed by atoms with E-state index in [0.29, 0.717) is 18.0 Å². The third kappa shape index (κ3) is 3.18. The lowest BCUT2D eigenvalue weighted by atomic mass is 9.98. The Morgan fingerprint density at radius 2 is 2.29 bits per heavy atom. The largest absolute Gasteiger partial charge is 0.396 e. The van der Waals surface area contributed by atoms with Crippen molar-refractivity contribution in [3.63, 3.8) is 0 Å². The third-order valence-corrected chi connectivity index (χ3v) is 3.58. The Labute approximate surface area is 106 Å². The quantitative estimate of drug-likeness (QED) is 0.900. The molecule has 0 bridgehead atoms. The van der Waals surface area contributed by atoms with Gasteiger partial charge in [0.2, 0.25) is 0 Å². The van der Waals surface area contributed by atoms with Crippen LogP contribution in [0.15, 0.2) is 18.2 Å². The van der Waals surface area contributed by atoms with Gasteiger partial charge in [0.05, 0.1) is 5.02 Å². The van der Waals surface area contributed by atoms with Crippen LogP contribution in [0.3, 0.4) is 0 Å². The fourth-order valence-electron chi connectivity index (χ4n) is 2.36. The van der Waals surface area contributed by atoms with Crippen LogP contribution in [0, 0.1) is 11.7 Å². The van der Waals surface area contributed by atoms with Crippen LogP contribution in [0.2, 0.25) is 5.02 Å². The predicted octanol–water partition coefficient (Wildman–Crippen LogP) is 2.68. The molecule has 17 heavy (non-hydrogen) atoms. The molecule has 1 aromatic carbocycles. The van der Waals surface area contributed by atoms with Crippen LogP contribution >= 0.6 is 11.6 Å². The molecule has 1 aromatic rings. The van der Waals surface area contributed by atoms with Crippen molar-refractivity contribution in [2.24, 2.45) is 5.92 Å². The lowest BCUT2D eigenvalue weighted by molar-refractivity contribution is 0.115. The molecule has 0 spiro atoms. The molecule has 4 heteroatoms. The van der Waals surface area contributed by atoms with Gasteiger partial charge in [-0.25, -0.2) is 4.39 Å². The molecule has 0 radical (unpaired) electrons. The summed E-state index contributed by atoms with van der Waals surface area (Å²) in [4.78, 5) is 2.18. The predicted molar refractivity (Wildman–Crippen MR) is 66.5 cm³/mol. The van der Waals surface area contributed by atoms with Crippen molar-refractivity contribution in [1.29, 1.82) is 0 Å². The molecule has 1 aliphatic heterocycles. The van der Waals surface area contributed by atoms with E-state index < -0.39 is 0 Å². The van der Waals surface area contributed by atoms with Crippen LogP contribution in [0.1, 0.15) is 18.4 Å². The summed E-state index contributed by atoms with van der Waals surface area (Å²) in [5.74, 6) is 0.00582. The fourth-order valence-corrected chi connectivity index (χ4v) is 2.55. The zero-order valence-corrected chi connectivity index (χ0v) is 10.5. The number of nitrogens with zero attached hydrogens (tertiary/aromatic N) is 1. The zero-order valence-electron chi connectivity index (χ0n) is 9.70. The van der Waals surface area contributed by atoms with Gasteiger partial charge in [0.1, 0.15) is 5.82 Å². The monoisotopic (exact) mass is 257 g/mol. The minimum absolute atomic E-state index is 0.179. The Morgan fingerprint density at radius 1 is 1.47 bits per heavy atom. The molecule has 1 N–H and O–H groups in total. The van der Waals surface area contributed by atoms with Gasteiger partial charge in [-0.15, -0.1) is 0 Å². The van der Waals surface area contributed by atoms with Crippen molar-refractivity contribution >= 4 is 11.6 Å². The molecule has 1 heterocycles. The zero-order chi connectivity index (χ0) is 12.3. The number of hydrogen-bond acceptors (Lipinski definition) is 2. The molecule has 1 aliphatic rings. The number of halogens is 2. The fraction of sp³-hybridized carbons (Fsp3) is 0.538. The Hall–Kier alpha value is -0.640. The van der Waals surface area contributed by atoms with E-state index in [0.717, 1.165) is 25.9 Å². The molecule has 0 aliphatic carbocycles. The van der Waals surface area contributed by atoms with E-state index in [1.54, 1.807) is 18.2 Å². The molecule has 0 amide bonds. The molecule has 1 unspecified atom stereocenters. The van der Waals surface area contributed by atoms with Gasteiger partial charge >= 0.3 is 0 Å². The lowest BCUT2D eigenvalue weighted by Gasteiger charge is -2.31. The second-order valence-electron chi connectivity index (χ2n) is 4.64. The summed E-state index contributed by atoms with van der Waals surface area (Å²) in [6.07, 6.45) is 2.12. The lowest BCUT2D eigenvalue weighted by Crippen LogP contribution is -2.36. The summed E-state index contributed by atoms with van der Waals surface area (Å²) in [7, 11) is 0. The van der Waals surface area contributed by atoms with Gasteiger partial charge < -0.3 is 5.11 Å². The van der Waals surface area contributed by atoms with Crippen LogP contribution < -0.4 is 0 Å². The summed E-state index contributed by atoms with van der Waals surface area (Å²) >= 11 is 5.75. The van der Waals surface area contributed by atoms with E-state index in [2.05, 4.69) is 4.90 Å². The summed E-state index contributed by atoms with van der Waals surface area (Å²) < 4.78 is 13.7. The molecule has 1 saturated heterocycles. The normalized spacial score (nSPS) is 21.7. The van der Waals surface area contributed by atoms with Gasteiger partial charge in [-0.2, -0.15) is 0 Å². The van der Waals surface area contributed by atoms with E-state index in [-0.39, 0.29) is 17.4 Å². The standard InChI is InChI=1S/C13H17ClFNO/c14-12-5-1-4-11(13(12)15)8-16-6-2-3-10(7-16)9-17/h1,4-5,10,17H,2-3,6-9H2. The Kier molecular flexibility index (Phi) is 4.37. The minimum atomic E-state index is -0.319. The van der Waals surface area contributed by atoms with E-state index >= 15 is 0 Å². The van der Waals surface area contributed by atoms with Gasteiger partial charge in [0.15, 0.2) is 0 Å². The molecule has 1 fully saturated rings. The number of likely N-dealkylation sites (tertiary alicyclic amines) is 1. The van der Waals surface area contributed by atoms with Crippen molar-refractivity contribution in [2.45, 2.75) is 19.4 Å². The van der Waals surface area contributed by atoms with Gasteiger partial charge in [0, 0.05) is 25.3 Å². The molecule has 1 atom stereocenters. The van der Waals surface area contributed by atoms with E-state index in [4.69, 9.17) is 16.7 Å². The smallest absolute Gasteiger partial charge is 0.146 e. The number of hydrogen-bond donors (Lipinski definition) is 1. The molecular formula is C13H17ClFNO. The number of benzene rings is 1. The van der Waals surface area contributed by atoms with Crippen molar-refractivity contribution in [2.75, 3.05) is 19.7 Å². The van der Waals surface area contributed by atoms with E-state index in [1.807, 2.05) is 0 Å². The second kappa shape index (κ2) is 5.80. The van der Waals surface area contributed by atoms with Crippen LogP contribution in [0.25, 0.3) is 0 Å². The van der Waals surface area contributed by atoms with Crippen molar-refractivity contribution in [3.05, 3.63) is 34.6 Å². The Morgan fingerprint density at radius 3 is 3.06 bits per heavy atom. The van der Waals surface area contributed by atoms with Gasteiger partial charge in [-0.3, -0.25) is 4.90 Å². The van der Waals surface area contributed by atoms with Crippen molar-refractivity contribution in [1.82, 2.24) is 4.90 Å². The number of aliphatic hydroxyl groups excluding tert-OH is 1. The van der Waals surface area contributed by atoms with Crippen LogP contribution in [0.5, 0.6) is 0 Å². The number of aliphatic hydroxyl groups is 1. The highest BCUT2D eigenvalue weighted by Crippen LogP contribution is 2.22. The molecule has 94 valence electrons. The summed E-state index contributed by atoms with van der Waals surface area (Å²) in [6.45, 7) is 2.59. The summed E-state index contributed by atoms with van der Waals surface area (Å²) in [6, 6.07) is 5.10. The third-order valence-electron chi connectivity index (χ3n) is 3.29. The highest BCUT2D eigenvalue weighted by Gasteiger charge is 2.20. The molecular weight excluding hydrogens is 241 g/mol. The van der Waals surface area contributed by atoms with Crippen molar-refractivity contribution in [3.8, 4) is 0 Å². The highest BCUT2D eigenvalue weighted by atomic mass is 35.5. The average molecular weight is 258 g/mol. The highest BCUT2D eigenvalue weighted by molar-refractivity contribution is 6.30. The first kappa shape index (κ1) is 12.8. The maximum Gasteiger partial charge on any atom is 0.146 e. The van der Waals surface area contributed by atoms with Gasteiger partial charge in [-0.1, -0.05) is 23.7 Å². The number of piperidine rings is 1. The van der Waals surface area contributed by atoms with Gasteiger partial charge in [-0.05, 0) is 31.4 Å². The molecule has 0 aromatic heterocycles. The Balaban J connectivity index is 2.02. The summed E-state index contributed by atoms with van der Waals surface area (Å²) in [5.41, 5.74) is 0.635. The topological polar surface area (TPSA) is 23.5 Å². The van der Waals surface area contributed by atoms with Crippen LogP contribution in [0.4, 0.5) is 4.39 Å². The minimum Gasteiger partial charge on any atom is -0.396 e. The van der Waals surface area contributed by atoms with E-state index in [1.165, 1.54) is 0 Å². The maximum atomic E-state index is 13.7. The molecule has 2 nitrogen and oxygen atoms in total. The number of rotatable bonds is 3. The first-order valence-corrected chi connectivity index (χ1v) is 6.34. The first-order valence-electron chi connectivity index (χ1n) is 5.97. The first-order chi connectivity index (χ1) is 8.20. The van der Waals surface area contributed by atoms with Crippen LogP contribution in [-0.4, -0.2) is 29.7 Å². The van der Waals surface area contributed by atoms with Crippen molar-refractivity contribution < 1.29 is 9.50 Å².